The van der Waals surface area contributed by atoms with E-state index >= 15 is 0 Å². The first kappa shape index (κ1) is 23.0. The van der Waals surface area contributed by atoms with Crippen molar-refractivity contribution in [3.8, 4) is 17.2 Å². The van der Waals surface area contributed by atoms with Gasteiger partial charge >= 0.3 is 6.48 Å². The number of rotatable bonds is 9. The van der Waals surface area contributed by atoms with E-state index in [9.17, 15) is 0 Å². The van der Waals surface area contributed by atoms with Crippen LogP contribution in [0.4, 0.5) is 0 Å². The molecule has 0 N–H and O–H groups in total. The number of ether oxygens (including phenoxy) is 5. The highest BCUT2D eigenvalue weighted by atomic mass is 16.8. The fourth-order valence-electron chi connectivity index (χ4n) is 4.13. The summed E-state index contributed by atoms with van der Waals surface area (Å²) in [7, 11) is 0. The zero-order valence-corrected chi connectivity index (χ0v) is 20.0. The standard InChI is InChI=1S/C31H25NO5/c1-3-10-22(11-4-1)20-33-31(34-21-23-12-5-2-6-13-23)37-27-16-8-7-15-25(27)30-35-28-18-24-14-9-17-32-26(24)19-29(28)36-30/h1-19,30-31H,20-21H2. The fraction of sp³-hybridized carbons (Fsp3) is 0.129. The van der Waals surface area contributed by atoms with E-state index in [4.69, 9.17) is 23.7 Å². The molecule has 6 heteroatoms. The molecule has 0 amide bonds. The summed E-state index contributed by atoms with van der Waals surface area (Å²) in [6.07, 6.45) is 1.09. The maximum atomic E-state index is 6.26. The number of aromatic nitrogens is 1. The van der Waals surface area contributed by atoms with Crippen molar-refractivity contribution in [2.45, 2.75) is 26.0 Å². The lowest BCUT2D eigenvalue weighted by Gasteiger charge is -2.22. The van der Waals surface area contributed by atoms with Gasteiger partial charge in [0.1, 0.15) is 5.75 Å². The number of hydrogen-bond acceptors (Lipinski definition) is 6. The molecule has 184 valence electrons. The van der Waals surface area contributed by atoms with Crippen molar-refractivity contribution in [1.29, 1.82) is 0 Å². The fourth-order valence-corrected chi connectivity index (χ4v) is 4.13. The second-order valence-corrected chi connectivity index (χ2v) is 8.60. The Morgan fingerprint density at radius 2 is 1.30 bits per heavy atom. The third kappa shape index (κ3) is 5.40. The highest BCUT2D eigenvalue weighted by Gasteiger charge is 2.30. The molecule has 1 aliphatic rings. The number of fused-ring (bicyclic) bond motifs is 2. The van der Waals surface area contributed by atoms with Crippen molar-refractivity contribution in [2.24, 2.45) is 0 Å². The van der Waals surface area contributed by atoms with Gasteiger partial charge in [0.05, 0.1) is 24.3 Å². The van der Waals surface area contributed by atoms with Crippen LogP contribution in [0.5, 0.6) is 17.2 Å². The predicted octanol–water partition coefficient (Wildman–Crippen LogP) is 6.80. The van der Waals surface area contributed by atoms with Gasteiger partial charge in [0, 0.05) is 17.6 Å². The summed E-state index contributed by atoms with van der Waals surface area (Å²) in [4.78, 5) is 4.41. The third-order valence-corrected chi connectivity index (χ3v) is 5.99. The van der Waals surface area contributed by atoms with Crippen molar-refractivity contribution in [1.82, 2.24) is 4.98 Å². The van der Waals surface area contributed by atoms with E-state index in [-0.39, 0.29) is 0 Å². The average Bonchev–Trinajstić information content (AvgIpc) is 3.37. The van der Waals surface area contributed by atoms with Crippen LogP contribution in [-0.4, -0.2) is 11.5 Å². The Hall–Kier alpha value is -4.39. The van der Waals surface area contributed by atoms with Crippen molar-refractivity contribution < 1.29 is 23.7 Å². The van der Waals surface area contributed by atoms with Gasteiger partial charge in [-0.15, -0.1) is 0 Å². The predicted molar refractivity (Wildman–Crippen MR) is 139 cm³/mol. The molecule has 37 heavy (non-hydrogen) atoms. The van der Waals surface area contributed by atoms with E-state index in [0.29, 0.717) is 30.5 Å². The van der Waals surface area contributed by atoms with Crippen LogP contribution in [-0.2, 0) is 22.7 Å². The first-order valence-corrected chi connectivity index (χ1v) is 12.1. The summed E-state index contributed by atoms with van der Waals surface area (Å²) in [6, 6.07) is 35.1. The van der Waals surface area contributed by atoms with Crippen LogP contribution in [0.25, 0.3) is 10.9 Å². The van der Waals surface area contributed by atoms with E-state index in [1.54, 1.807) is 6.20 Å². The number of nitrogens with zero attached hydrogens (tertiary/aromatic N) is 1. The molecule has 4 aromatic carbocycles. The van der Waals surface area contributed by atoms with Gasteiger partial charge in [0.15, 0.2) is 11.5 Å². The Bertz CT molecular complexity index is 1390. The maximum absolute atomic E-state index is 6.26. The van der Waals surface area contributed by atoms with Gasteiger partial charge < -0.3 is 23.7 Å². The van der Waals surface area contributed by atoms with Gasteiger partial charge in [-0.1, -0.05) is 78.9 Å². The Morgan fingerprint density at radius 1 is 0.676 bits per heavy atom. The smallest absolute Gasteiger partial charge is 0.316 e. The molecule has 6 rings (SSSR count). The number of para-hydroxylation sites is 1. The molecule has 0 radical (unpaired) electrons. The molecule has 1 atom stereocenters. The highest BCUT2D eigenvalue weighted by molar-refractivity contribution is 5.82. The summed E-state index contributed by atoms with van der Waals surface area (Å²) in [5, 5.41) is 0.985. The van der Waals surface area contributed by atoms with Gasteiger partial charge in [0.2, 0.25) is 0 Å². The molecule has 0 bridgehead atoms. The molecule has 0 saturated heterocycles. The van der Waals surface area contributed by atoms with Crippen molar-refractivity contribution in [2.75, 3.05) is 0 Å². The lowest BCUT2D eigenvalue weighted by Crippen LogP contribution is -2.25. The second kappa shape index (κ2) is 10.7. The molecule has 0 spiro atoms. The SMILES string of the molecule is c1ccc(COC(OCc2ccccc2)Oc2ccccc2C2Oc3cc4cccnc4cc3O2)cc1. The molecule has 5 aromatic rings. The van der Waals surface area contributed by atoms with Crippen molar-refractivity contribution in [3.63, 3.8) is 0 Å². The molecule has 1 unspecified atom stereocenters. The van der Waals surface area contributed by atoms with Gasteiger partial charge in [-0.2, -0.15) is 0 Å². The second-order valence-electron chi connectivity index (χ2n) is 8.60. The van der Waals surface area contributed by atoms with Crippen LogP contribution >= 0.6 is 0 Å². The van der Waals surface area contributed by atoms with Crippen LogP contribution in [0.2, 0.25) is 0 Å². The third-order valence-electron chi connectivity index (χ3n) is 5.99. The topological polar surface area (TPSA) is 59.0 Å². The molecule has 1 aromatic heterocycles. The number of hydrogen-bond donors (Lipinski definition) is 0. The maximum Gasteiger partial charge on any atom is 0.316 e. The van der Waals surface area contributed by atoms with Crippen molar-refractivity contribution in [3.05, 3.63) is 132 Å². The highest BCUT2D eigenvalue weighted by Crippen LogP contribution is 2.44. The van der Waals surface area contributed by atoms with Crippen LogP contribution in [0.1, 0.15) is 23.0 Å². The first-order chi connectivity index (χ1) is 18.3. The van der Waals surface area contributed by atoms with E-state index in [1.165, 1.54) is 0 Å². The number of benzene rings is 4. The summed E-state index contributed by atoms with van der Waals surface area (Å²) < 4.78 is 30.7. The molecule has 2 heterocycles. The monoisotopic (exact) mass is 491 g/mol. The summed E-state index contributed by atoms with van der Waals surface area (Å²) in [6.45, 7) is -0.273. The molecule has 0 aliphatic carbocycles. The Morgan fingerprint density at radius 3 is 2.00 bits per heavy atom. The Balaban J connectivity index is 1.21. The van der Waals surface area contributed by atoms with Crippen LogP contribution in [0.3, 0.4) is 0 Å². The van der Waals surface area contributed by atoms with Crippen LogP contribution in [0, 0.1) is 0 Å². The minimum atomic E-state index is -0.947. The van der Waals surface area contributed by atoms with E-state index in [2.05, 4.69) is 4.98 Å². The van der Waals surface area contributed by atoms with Gasteiger partial charge in [-0.05, 0) is 35.4 Å². The largest absolute Gasteiger partial charge is 0.446 e. The summed E-state index contributed by atoms with van der Waals surface area (Å²) in [5.41, 5.74) is 3.61. The minimum absolute atomic E-state index is 0.337. The lowest BCUT2D eigenvalue weighted by molar-refractivity contribution is -0.258. The van der Waals surface area contributed by atoms with E-state index in [1.807, 2.05) is 109 Å². The van der Waals surface area contributed by atoms with Crippen LogP contribution in [0.15, 0.2) is 115 Å². The average molecular weight is 492 g/mol. The molecular weight excluding hydrogens is 466 g/mol. The first-order valence-electron chi connectivity index (χ1n) is 12.1. The zero-order valence-electron chi connectivity index (χ0n) is 20.0. The molecule has 0 fully saturated rings. The lowest BCUT2D eigenvalue weighted by atomic mass is 10.2. The van der Waals surface area contributed by atoms with E-state index < -0.39 is 12.8 Å². The van der Waals surface area contributed by atoms with E-state index in [0.717, 1.165) is 27.6 Å². The van der Waals surface area contributed by atoms with Gasteiger partial charge in [0.25, 0.3) is 6.29 Å². The number of pyridine rings is 1. The Kier molecular flexibility index (Phi) is 6.66. The van der Waals surface area contributed by atoms with Crippen LogP contribution < -0.4 is 14.2 Å². The summed E-state index contributed by atoms with van der Waals surface area (Å²) >= 11 is 0. The molecule has 1 aliphatic heterocycles. The zero-order chi connectivity index (χ0) is 24.9. The Labute approximate surface area is 215 Å². The molecule has 6 nitrogen and oxygen atoms in total. The van der Waals surface area contributed by atoms with Crippen molar-refractivity contribution >= 4 is 10.9 Å². The quantitative estimate of drug-likeness (QED) is 0.211. The van der Waals surface area contributed by atoms with Gasteiger partial charge in [-0.25, -0.2) is 0 Å². The molecular formula is C31H25NO5. The minimum Gasteiger partial charge on any atom is -0.446 e. The molecule has 0 saturated carbocycles. The van der Waals surface area contributed by atoms with Gasteiger partial charge in [-0.3, -0.25) is 4.98 Å². The normalized spacial score (nSPS) is 14.2. The summed E-state index contributed by atoms with van der Waals surface area (Å²) in [5.74, 6) is 1.86.